The van der Waals surface area contributed by atoms with Gasteiger partial charge in [-0.25, -0.2) is 0 Å². The Balaban J connectivity index is 2.89. The molecule has 0 spiro atoms. The zero-order chi connectivity index (χ0) is 20.9. The zero-order valence-corrected chi connectivity index (χ0v) is 16.7. The molecule has 9 heteroatoms. The van der Waals surface area contributed by atoms with Gasteiger partial charge >= 0.3 is 5.97 Å². The Bertz CT molecular complexity index is 578. The molecule has 1 fully saturated rings. The Hall–Kier alpha value is -2.16. The molecule has 0 aromatic heterocycles. The summed E-state index contributed by atoms with van der Waals surface area (Å²) < 4.78 is 0. The number of rotatable bonds is 8. The highest BCUT2D eigenvalue weighted by molar-refractivity contribution is 5.94. The van der Waals surface area contributed by atoms with Crippen molar-refractivity contribution in [1.29, 1.82) is 0 Å². The summed E-state index contributed by atoms with van der Waals surface area (Å²) in [5.74, 6) is -2.66. The minimum absolute atomic E-state index is 0.0734. The molecular weight excluding hydrogens is 352 g/mol. The molecule has 3 amide bonds. The molecular formula is C18H32N4O5. The molecule has 1 aliphatic heterocycles. The van der Waals surface area contributed by atoms with Crippen LogP contribution >= 0.6 is 0 Å². The lowest BCUT2D eigenvalue weighted by Gasteiger charge is -2.31. The molecule has 27 heavy (non-hydrogen) atoms. The van der Waals surface area contributed by atoms with Crippen molar-refractivity contribution in [1.82, 2.24) is 15.5 Å². The van der Waals surface area contributed by atoms with Crippen molar-refractivity contribution < 1.29 is 24.3 Å². The lowest BCUT2D eigenvalue weighted by atomic mass is 9.99. The number of aliphatic carboxylic acids is 1. The van der Waals surface area contributed by atoms with Crippen LogP contribution in [0.2, 0.25) is 0 Å². The van der Waals surface area contributed by atoms with Gasteiger partial charge < -0.3 is 26.4 Å². The molecule has 1 saturated heterocycles. The van der Waals surface area contributed by atoms with Gasteiger partial charge in [-0.05, 0) is 31.6 Å². The fourth-order valence-electron chi connectivity index (χ4n) is 2.92. The van der Waals surface area contributed by atoms with Crippen molar-refractivity contribution in [3.05, 3.63) is 0 Å². The van der Waals surface area contributed by atoms with Gasteiger partial charge in [-0.15, -0.1) is 0 Å². The lowest BCUT2D eigenvalue weighted by molar-refractivity contribution is -0.145. The van der Waals surface area contributed by atoms with Crippen LogP contribution < -0.4 is 16.4 Å². The molecule has 1 rings (SSSR count). The Morgan fingerprint density at radius 2 is 1.63 bits per heavy atom. The lowest BCUT2D eigenvalue weighted by Crippen LogP contribution is -2.58. The van der Waals surface area contributed by atoms with Gasteiger partial charge in [0.1, 0.15) is 18.1 Å². The molecule has 1 aliphatic rings. The number of carbonyl (C=O) groups excluding carboxylic acids is 3. The van der Waals surface area contributed by atoms with Crippen LogP contribution in [-0.4, -0.2) is 64.4 Å². The topological polar surface area (TPSA) is 142 Å². The van der Waals surface area contributed by atoms with Gasteiger partial charge in [0.05, 0.1) is 6.04 Å². The number of nitrogens with one attached hydrogen (secondary N) is 2. The quantitative estimate of drug-likeness (QED) is 0.452. The van der Waals surface area contributed by atoms with Gasteiger partial charge in [-0.1, -0.05) is 27.7 Å². The highest BCUT2D eigenvalue weighted by Gasteiger charge is 2.39. The van der Waals surface area contributed by atoms with Gasteiger partial charge in [-0.2, -0.15) is 0 Å². The second-order valence-electron chi connectivity index (χ2n) is 7.76. The van der Waals surface area contributed by atoms with Crippen molar-refractivity contribution in [3.63, 3.8) is 0 Å². The predicted molar refractivity (Wildman–Crippen MR) is 99.6 cm³/mol. The molecule has 0 saturated carbocycles. The van der Waals surface area contributed by atoms with Gasteiger partial charge in [0.25, 0.3) is 0 Å². The number of likely N-dealkylation sites (tertiary alicyclic amines) is 1. The predicted octanol–water partition coefficient (Wildman–Crippen LogP) is -0.309. The molecule has 0 aromatic rings. The van der Waals surface area contributed by atoms with Crippen LogP contribution in [0.3, 0.4) is 0 Å². The first-order valence-corrected chi connectivity index (χ1v) is 9.37. The summed E-state index contributed by atoms with van der Waals surface area (Å²) in [7, 11) is 0. The number of carboxylic acid groups (broad SMARTS) is 1. The van der Waals surface area contributed by atoms with Crippen molar-refractivity contribution in [2.45, 2.75) is 71.6 Å². The van der Waals surface area contributed by atoms with Crippen molar-refractivity contribution in [2.75, 3.05) is 6.54 Å². The highest BCUT2D eigenvalue weighted by atomic mass is 16.4. The van der Waals surface area contributed by atoms with E-state index >= 15 is 0 Å². The van der Waals surface area contributed by atoms with E-state index < -0.39 is 42.0 Å². The van der Waals surface area contributed by atoms with Crippen molar-refractivity contribution >= 4 is 23.7 Å². The van der Waals surface area contributed by atoms with Gasteiger partial charge in [0.2, 0.25) is 17.7 Å². The van der Waals surface area contributed by atoms with E-state index in [1.165, 1.54) is 11.8 Å². The van der Waals surface area contributed by atoms with Crippen molar-refractivity contribution in [3.8, 4) is 0 Å². The van der Waals surface area contributed by atoms with Crippen LogP contribution in [0.4, 0.5) is 0 Å². The third-order valence-corrected chi connectivity index (χ3v) is 4.82. The Morgan fingerprint density at radius 3 is 2.11 bits per heavy atom. The minimum atomic E-state index is -1.14. The van der Waals surface area contributed by atoms with Gasteiger partial charge in [-0.3, -0.25) is 19.2 Å². The molecule has 9 nitrogen and oxygen atoms in total. The van der Waals surface area contributed by atoms with E-state index in [9.17, 15) is 19.2 Å². The molecule has 0 aliphatic carbocycles. The number of nitrogens with two attached hydrogens (primary N) is 1. The number of carboxylic acids is 1. The fraction of sp³-hybridized carbons (Fsp3) is 0.778. The van der Waals surface area contributed by atoms with E-state index in [0.29, 0.717) is 19.4 Å². The highest BCUT2D eigenvalue weighted by Crippen LogP contribution is 2.20. The number of nitrogens with zero attached hydrogens (tertiary/aromatic N) is 1. The second kappa shape index (κ2) is 9.68. The van der Waals surface area contributed by atoms with Crippen LogP contribution in [0.15, 0.2) is 0 Å². The number of hydrogen-bond donors (Lipinski definition) is 4. The first kappa shape index (κ1) is 22.9. The summed E-state index contributed by atoms with van der Waals surface area (Å²) in [6, 6.07) is -3.31. The second-order valence-corrected chi connectivity index (χ2v) is 7.76. The summed E-state index contributed by atoms with van der Waals surface area (Å²) >= 11 is 0. The molecule has 1 heterocycles. The van der Waals surface area contributed by atoms with Gasteiger partial charge in [0.15, 0.2) is 0 Å². The van der Waals surface area contributed by atoms with Gasteiger partial charge in [0, 0.05) is 6.54 Å². The maximum atomic E-state index is 13.0. The Morgan fingerprint density at radius 1 is 1.04 bits per heavy atom. The molecule has 0 bridgehead atoms. The van der Waals surface area contributed by atoms with E-state index in [1.807, 2.05) is 13.8 Å². The monoisotopic (exact) mass is 384 g/mol. The third kappa shape index (κ3) is 5.92. The first-order valence-electron chi connectivity index (χ1n) is 9.37. The number of hydrogen-bond acceptors (Lipinski definition) is 5. The Kier molecular flexibility index (Phi) is 8.20. The SMILES string of the molecule is CC(NC(=O)C1CCCN1C(=O)C(NC(=O)C(N)C(C)C)C(C)C)C(=O)O. The van der Waals surface area contributed by atoms with E-state index in [0.717, 1.165) is 0 Å². The normalized spacial score (nSPS) is 20.3. The first-order chi connectivity index (χ1) is 12.5. The summed E-state index contributed by atoms with van der Waals surface area (Å²) in [4.78, 5) is 50.1. The van der Waals surface area contributed by atoms with Crippen LogP contribution in [0.1, 0.15) is 47.5 Å². The van der Waals surface area contributed by atoms with E-state index in [2.05, 4.69) is 10.6 Å². The summed E-state index contributed by atoms with van der Waals surface area (Å²) in [6.07, 6.45) is 1.09. The largest absolute Gasteiger partial charge is 0.480 e. The molecule has 0 radical (unpaired) electrons. The number of amides is 3. The zero-order valence-electron chi connectivity index (χ0n) is 16.7. The molecule has 4 atom stereocenters. The third-order valence-electron chi connectivity index (χ3n) is 4.82. The fourth-order valence-corrected chi connectivity index (χ4v) is 2.92. The van der Waals surface area contributed by atoms with E-state index in [1.54, 1.807) is 13.8 Å². The average Bonchev–Trinajstić information content (AvgIpc) is 3.07. The Labute approximate surface area is 160 Å². The standard InChI is InChI=1S/C18H32N4O5/c1-9(2)13(19)16(24)21-14(10(3)4)17(25)22-8-6-7-12(22)15(23)20-11(5)18(26)27/h9-14H,6-8,19H2,1-5H3,(H,20,23)(H,21,24)(H,26,27). The molecule has 4 unspecified atom stereocenters. The van der Waals surface area contributed by atoms with Crippen molar-refractivity contribution in [2.24, 2.45) is 17.6 Å². The summed E-state index contributed by atoms with van der Waals surface area (Å²) in [5, 5.41) is 14.1. The van der Waals surface area contributed by atoms with Crippen LogP contribution in [0.5, 0.6) is 0 Å². The summed E-state index contributed by atoms with van der Waals surface area (Å²) in [5.41, 5.74) is 5.86. The molecule has 0 aromatic carbocycles. The molecule has 154 valence electrons. The van der Waals surface area contributed by atoms with Crippen LogP contribution in [0.25, 0.3) is 0 Å². The van der Waals surface area contributed by atoms with Crippen LogP contribution in [-0.2, 0) is 19.2 Å². The number of carbonyl (C=O) groups is 4. The van der Waals surface area contributed by atoms with E-state index in [-0.39, 0.29) is 17.7 Å². The smallest absolute Gasteiger partial charge is 0.325 e. The van der Waals surface area contributed by atoms with E-state index in [4.69, 9.17) is 10.8 Å². The summed E-state index contributed by atoms with van der Waals surface area (Å²) in [6.45, 7) is 9.00. The maximum absolute atomic E-state index is 13.0. The molecule has 5 N–H and O–H groups in total. The van der Waals surface area contributed by atoms with Crippen LogP contribution in [0, 0.1) is 11.8 Å². The average molecular weight is 384 g/mol. The maximum Gasteiger partial charge on any atom is 0.325 e. The minimum Gasteiger partial charge on any atom is -0.480 e.